The lowest BCUT2D eigenvalue weighted by Gasteiger charge is -2.16. The van der Waals surface area contributed by atoms with Crippen molar-refractivity contribution in [2.24, 2.45) is 0 Å². The van der Waals surface area contributed by atoms with Crippen LogP contribution in [0.1, 0.15) is 34.5 Å². The van der Waals surface area contributed by atoms with Crippen molar-refractivity contribution in [2.75, 3.05) is 0 Å². The number of rotatable bonds is 11. The van der Waals surface area contributed by atoms with Crippen LogP contribution in [0.5, 0.6) is 0 Å². The van der Waals surface area contributed by atoms with Gasteiger partial charge < -0.3 is 9.47 Å². The Labute approximate surface area is 283 Å². The highest BCUT2D eigenvalue weighted by Crippen LogP contribution is 2.60. The highest BCUT2D eigenvalue weighted by Gasteiger charge is 2.60. The Bertz CT molecular complexity index is 1850. The highest BCUT2D eigenvalue weighted by molar-refractivity contribution is 8.76. The Balaban J connectivity index is 1.03. The maximum atomic E-state index is 6.60. The summed E-state index contributed by atoms with van der Waals surface area (Å²) < 4.78 is 16.7. The van der Waals surface area contributed by atoms with Gasteiger partial charge in [-0.2, -0.15) is 10.2 Å². The summed E-state index contributed by atoms with van der Waals surface area (Å²) in [7, 11) is 2.94. The number of halogens is 2. The van der Waals surface area contributed by atoms with E-state index in [0.29, 0.717) is 23.1 Å². The predicted octanol–water partition coefficient (Wildman–Crippen LogP) is 8.31. The minimum Gasteiger partial charge on any atom is -0.354 e. The molecule has 4 aromatic carbocycles. The molecule has 2 aliphatic rings. The quantitative estimate of drug-likeness (QED) is 0.0995. The van der Waals surface area contributed by atoms with Gasteiger partial charge in [0.05, 0.1) is 13.1 Å². The zero-order chi connectivity index (χ0) is 31.1. The number of hydrogen-bond donors (Lipinski definition) is 0. The first kappa shape index (κ1) is 29.7. The molecule has 2 fully saturated rings. The fourth-order valence-electron chi connectivity index (χ4n) is 6.03. The van der Waals surface area contributed by atoms with E-state index >= 15 is 0 Å². The number of hydrogen-bond acceptors (Lipinski definition) is 8. The average Bonchev–Trinajstić information content (AvgIpc) is 3.87. The zero-order valence-corrected chi connectivity index (χ0v) is 27.3. The Morgan fingerprint density at radius 2 is 0.957 bits per heavy atom. The monoisotopic (exact) mass is 684 g/mol. The third kappa shape index (κ3) is 5.42. The van der Waals surface area contributed by atoms with Gasteiger partial charge in [0.1, 0.15) is 36.1 Å². The Morgan fingerprint density at radius 3 is 1.37 bits per heavy atom. The van der Waals surface area contributed by atoms with Crippen molar-refractivity contribution < 1.29 is 9.47 Å². The summed E-state index contributed by atoms with van der Waals surface area (Å²) in [5, 5.41) is 12.0. The second-order valence-corrected chi connectivity index (χ2v) is 14.0. The Kier molecular flexibility index (Phi) is 7.88. The number of benzene rings is 4. The summed E-state index contributed by atoms with van der Waals surface area (Å²) in [6.45, 7) is 0.930. The van der Waals surface area contributed by atoms with Crippen molar-refractivity contribution in [3.63, 3.8) is 0 Å². The summed E-state index contributed by atoms with van der Waals surface area (Å²) in [5.41, 5.74) is 2.77. The van der Waals surface area contributed by atoms with Crippen LogP contribution in [0.25, 0.3) is 0 Å². The van der Waals surface area contributed by atoms with Gasteiger partial charge in [-0.1, -0.05) is 120 Å². The van der Waals surface area contributed by atoms with E-state index in [1.807, 2.05) is 94.3 Å². The number of epoxide rings is 2. The van der Waals surface area contributed by atoms with E-state index in [1.165, 1.54) is 21.6 Å². The summed E-state index contributed by atoms with van der Waals surface area (Å²) in [6.07, 6.45) is 2.71. The van der Waals surface area contributed by atoms with Crippen molar-refractivity contribution in [1.82, 2.24) is 29.5 Å². The van der Waals surface area contributed by atoms with E-state index in [2.05, 4.69) is 44.4 Å². The molecule has 0 amide bonds. The first-order chi connectivity index (χ1) is 22.6. The van der Waals surface area contributed by atoms with Gasteiger partial charge in [-0.15, -0.1) is 0 Å². The maximum absolute atomic E-state index is 6.60. The molecular weight excluding hydrogens is 659 g/mol. The molecule has 0 unspecified atom stereocenters. The summed E-state index contributed by atoms with van der Waals surface area (Å²) in [5.74, 6) is 0. The minimum absolute atomic E-state index is 0.208. The molecule has 46 heavy (non-hydrogen) atoms. The minimum atomic E-state index is -0.626. The molecule has 4 atom stereocenters. The molecule has 0 radical (unpaired) electrons. The van der Waals surface area contributed by atoms with Crippen LogP contribution in [0.2, 0.25) is 10.0 Å². The van der Waals surface area contributed by atoms with Crippen LogP contribution in [-0.4, -0.2) is 29.5 Å². The normalized spacial score (nSPS) is 23.3. The SMILES string of the molecule is Clc1ccccc1[C@@H]1O[C@@]1(Cn1ncnc1SSc1ncnn1C[C@@]1(c2ccccc2)O[C@H]1c1ccccc1Cl)c1ccccc1. The van der Waals surface area contributed by atoms with E-state index in [0.717, 1.165) is 32.6 Å². The second kappa shape index (κ2) is 12.2. The molecule has 8 rings (SSSR count). The summed E-state index contributed by atoms with van der Waals surface area (Å²) in [4.78, 5) is 9.16. The third-order valence-electron chi connectivity index (χ3n) is 8.41. The van der Waals surface area contributed by atoms with Gasteiger partial charge in [0.15, 0.2) is 10.3 Å². The molecule has 12 heteroatoms. The Hall–Kier alpha value is -3.64. The molecule has 2 aromatic heterocycles. The summed E-state index contributed by atoms with van der Waals surface area (Å²) in [6, 6.07) is 36.0. The van der Waals surface area contributed by atoms with Gasteiger partial charge in [0.25, 0.3) is 0 Å². The van der Waals surface area contributed by atoms with Gasteiger partial charge in [-0.05, 0) is 44.8 Å². The Morgan fingerprint density at radius 1 is 0.565 bits per heavy atom. The summed E-state index contributed by atoms with van der Waals surface area (Å²) >= 11 is 13.2. The van der Waals surface area contributed by atoms with E-state index in [9.17, 15) is 0 Å². The number of nitrogens with zero attached hydrogens (tertiary/aromatic N) is 6. The molecule has 2 saturated heterocycles. The van der Waals surface area contributed by atoms with Crippen LogP contribution in [0.4, 0.5) is 0 Å². The van der Waals surface area contributed by atoms with Crippen molar-refractivity contribution in [1.29, 1.82) is 0 Å². The van der Waals surface area contributed by atoms with E-state index in [1.54, 1.807) is 12.7 Å². The van der Waals surface area contributed by atoms with Crippen LogP contribution >= 0.6 is 44.8 Å². The standard InChI is InChI=1S/C34H26Cl2N6O2S2/c35-27-17-9-7-15-25(27)29-33(43-29,23-11-3-1-4-12-23)19-41-31(37-21-39-41)45-46-32-38-22-40-42(32)20-34(24-13-5-2-6-14-24)30(44-34)26-16-8-10-18-28(26)36/h1-18,21-22,29-30H,19-20H2/t29-,30-,33-,34-/m0/s1. The first-order valence-corrected chi connectivity index (χ1v) is 17.5. The van der Waals surface area contributed by atoms with Gasteiger partial charge in [-0.25, -0.2) is 19.3 Å². The fraction of sp³-hybridized carbons (Fsp3) is 0.176. The molecule has 2 aliphatic heterocycles. The van der Waals surface area contributed by atoms with Crippen molar-refractivity contribution in [2.45, 2.75) is 46.8 Å². The number of ether oxygens (including phenoxy) is 2. The zero-order valence-electron chi connectivity index (χ0n) is 24.2. The van der Waals surface area contributed by atoms with Crippen LogP contribution in [0.15, 0.2) is 132 Å². The molecule has 0 bridgehead atoms. The van der Waals surface area contributed by atoms with E-state index < -0.39 is 11.2 Å². The maximum Gasteiger partial charge on any atom is 0.197 e. The van der Waals surface area contributed by atoms with Crippen molar-refractivity contribution >= 4 is 44.8 Å². The molecule has 0 N–H and O–H groups in total. The van der Waals surface area contributed by atoms with Crippen molar-refractivity contribution in [3.8, 4) is 0 Å². The van der Waals surface area contributed by atoms with Crippen LogP contribution in [-0.2, 0) is 33.8 Å². The third-order valence-corrected chi connectivity index (χ3v) is 11.3. The lowest BCUT2D eigenvalue weighted by molar-refractivity contribution is 0.256. The molecule has 0 aliphatic carbocycles. The smallest absolute Gasteiger partial charge is 0.197 e. The lowest BCUT2D eigenvalue weighted by atomic mass is 9.91. The lowest BCUT2D eigenvalue weighted by Crippen LogP contribution is -2.21. The average molecular weight is 686 g/mol. The largest absolute Gasteiger partial charge is 0.354 e. The van der Waals surface area contributed by atoms with Crippen LogP contribution in [0, 0.1) is 0 Å². The van der Waals surface area contributed by atoms with E-state index in [4.69, 9.17) is 32.7 Å². The topological polar surface area (TPSA) is 86.5 Å². The molecule has 8 nitrogen and oxygen atoms in total. The van der Waals surface area contributed by atoms with Gasteiger partial charge in [0, 0.05) is 21.2 Å². The number of aromatic nitrogens is 6. The highest BCUT2D eigenvalue weighted by atomic mass is 35.5. The van der Waals surface area contributed by atoms with Crippen LogP contribution in [0.3, 0.4) is 0 Å². The molecule has 0 saturated carbocycles. The van der Waals surface area contributed by atoms with E-state index in [-0.39, 0.29) is 12.2 Å². The molecule has 230 valence electrons. The van der Waals surface area contributed by atoms with Gasteiger partial charge >= 0.3 is 0 Å². The van der Waals surface area contributed by atoms with Crippen molar-refractivity contribution in [3.05, 3.63) is 154 Å². The van der Waals surface area contributed by atoms with Gasteiger partial charge in [0.2, 0.25) is 0 Å². The second-order valence-electron chi connectivity index (χ2n) is 11.1. The van der Waals surface area contributed by atoms with Gasteiger partial charge in [-0.3, -0.25) is 0 Å². The molecular formula is C34H26Cl2N6O2S2. The fourth-order valence-corrected chi connectivity index (χ4v) is 8.45. The molecule has 4 heterocycles. The predicted molar refractivity (Wildman–Crippen MR) is 179 cm³/mol. The molecule has 0 spiro atoms. The first-order valence-electron chi connectivity index (χ1n) is 14.6. The van der Waals surface area contributed by atoms with Crippen LogP contribution < -0.4 is 0 Å². The molecule has 6 aromatic rings.